The Kier molecular flexibility index (Phi) is 8.10. The van der Waals surface area contributed by atoms with Crippen LogP contribution in [0.3, 0.4) is 0 Å². The van der Waals surface area contributed by atoms with Crippen LogP contribution in [0.2, 0.25) is 0 Å². The summed E-state index contributed by atoms with van der Waals surface area (Å²) in [4.78, 5) is 8.03. The third-order valence-electron chi connectivity index (χ3n) is 5.36. The van der Waals surface area contributed by atoms with E-state index in [2.05, 4.69) is 38.3 Å². The molecule has 1 aliphatic carbocycles. The van der Waals surface area contributed by atoms with Gasteiger partial charge in [-0.15, -0.1) is 34.0 Å². The first-order valence-corrected chi connectivity index (χ1v) is 14.4. The lowest BCUT2D eigenvalue weighted by Gasteiger charge is -2.03. The molecule has 3 heterocycles. The van der Waals surface area contributed by atoms with Crippen molar-refractivity contribution in [1.82, 2.24) is 0 Å². The van der Waals surface area contributed by atoms with Gasteiger partial charge in [-0.05, 0) is 48.4 Å². The van der Waals surface area contributed by atoms with Gasteiger partial charge < -0.3 is 0 Å². The van der Waals surface area contributed by atoms with E-state index in [1.807, 2.05) is 36.4 Å². The van der Waals surface area contributed by atoms with E-state index in [0.29, 0.717) is 4.91 Å². The molecule has 3 aromatic heterocycles. The van der Waals surface area contributed by atoms with Crippen molar-refractivity contribution >= 4 is 62.3 Å². The molecule has 0 saturated carbocycles. The number of hydrogen-bond acceptors (Lipinski definition) is 8. The van der Waals surface area contributed by atoms with E-state index >= 15 is 0 Å². The number of hydrogen-bond donors (Lipinski definition) is 0. The Hall–Kier alpha value is -3.89. The molecule has 8 heteroatoms. The molecule has 0 aliphatic heterocycles. The van der Waals surface area contributed by atoms with E-state index in [-0.39, 0.29) is 11.1 Å². The third-order valence-corrected chi connectivity index (χ3v) is 10.1. The van der Waals surface area contributed by atoms with E-state index in [0.717, 1.165) is 37.3 Å². The minimum Gasteiger partial charge on any atom is -0.192 e. The molecule has 1 aliphatic rings. The van der Waals surface area contributed by atoms with Gasteiger partial charge >= 0.3 is 0 Å². The number of thioether (sulfide) groups is 1. The number of allylic oxidation sites excluding steroid dienone is 4. The second-order valence-corrected chi connectivity index (χ2v) is 12.3. The predicted octanol–water partition coefficient (Wildman–Crippen LogP) is 9.37. The van der Waals surface area contributed by atoms with Gasteiger partial charge in [-0.25, -0.2) is 0 Å². The predicted molar refractivity (Wildman–Crippen MR) is 157 cm³/mol. The van der Waals surface area contributed by atoms with Gasteiger partial charge in [0.25, 0.3) is 0 Å². The Morgan fingerprint density at radius 3 is 2.24 bits per heavy atom. The van der Waals surface area contributed by atoms with Crippen LogP contribution in [-0.2, 0) is 0 Å². The van der Waals surface area contributed by atoms with E-state index in [9.17, 15) is 0 Å². The minimum atomic E-state index is 0.0169. The van der Waals surface area contributed by atoms with E-state index < -0.39 is 0 Å². The van der Waals surface area contributed by atoms with Crippen LogP contribution >= 0.6 is 45.8 Å². The van der Waals surface area contributed by atoms with Crippen LogP contribution in [0, 0.1) is 45.3 Å². The van der Waals surface area contributed by atoms with E-state index in [1.54, 1.807) is 40.1 Å². The van der Waals surface area contributed by atoms with Gasteiger partial charge in [-0.1, -0.05) is 44.3 Å². The summed E-state index contributed by atoms with van der Waals surface area (Å²) < 4.78 is 0. The summed E-state index contributed by atoms with van der Waals surface area (Å²) in [5, 5.41) is 36.1. The molecule has 0 aromatic carbocycles. The van der Waals surface area contributed by atoms with Gasteiger partial charge in [-0.2, -0.15) is 21.0 Å². The van der Waals surface area contributed by atoms with Gasteiger partial charge in [0.1, 0.15) is 35.4 Å². The maximum Gasteiger partial charge on any atom is 0.131 e. The number of nitrogens with zero attached hydrogens (tertiary/aromatic N) is 4. The summed E-state index contributed by atoms with van der Waals surface area (Å²) in [6.07, 6.45) is 7.43. The van der Waals surface area contributed by atoms with Crippen LogP contribution in [0.1, 0.15) is 40.6 Å². The molecular formula is C29H18N4S4. The smallest absolute Gasteiger partial charge is 0.131 e. The topological polar surface area (TPSA) is 95.2 Å². The number of thiophene rings is 3. The Labute approximate surface area is 232 Å². The Balaban J connectivity index is 1.68. The van der Waals surface area contributed by atoms with Crippen LogP contribution < -0.4 is 0 Å². The number of unbranched alkanes of at least 4 members (excludes halogenated alkanes) is 1. The molecule has 0 bridgehead atoms. The van der Waals surface area contributed by atoms with Crippen molar-refractivity contribution in [2.75, 3.05) is 0 Å². The summed E-state index contributed by atoms with van der Waals surface area (Å²) >= 11 is 6.36. The highest BCUT2D eigenvalue weighted by Crippen LogP contribution is 2.56. The van der Waals surface area contributed by atoms with Crippen molar-refractivity contribution in [3.63, 3.8) is 0 Å². The molecule has 0 N–H and O–H groups in total. The number of fused-ring (bicyclic) bond motifs is 3. The zero-order chi connectivity index (χ0) is 26.5. The van der Waals surface area contributed by atoms with Crippen LogP contribution in [0.15, 0.2) is 65.6 Å². The number of rotatable bonds is 8. The SMILES string of the molecule is C=C(C=C(C#N)C#N)SC(=C)c1cc2c(s1)-c1sc(-c3ccc(C=C(C#N)C#N)s3)cc1/C2=C\CCC. The molecule has 0 saturated heterocycles. The van der Waals surface area contributed by atoms with Crippen molar-refractivity contribution in [1.29, 1.82) is 21.0 Å². The zero-order valence-corrected chi connectivity index (χ0v) is 23.1. The third kappa shape index (κ3) is 5.45. The molecule has 4 nitrogen and oxygen atoms in total. The van der Waals surface area contributed by atoms with Crippen LogP contribution in [0.4, 0.5) is 0 Å². The van der Waals surface area contributed by atoms with E-state index in [1.165, 1.54) is 44.3 Å². The summed E-state index contributed by atoms with van der Waals surface area (Å²) in [6, 6.07) is 15.9. The Morgan fingerprint density at radius 1 is 0.892 bits per heavy atom. The standard InChI is InChI=1S/C29H18N4S4/c1-4-5-6-22-23-11-26(18(3)34-17(2)9-19(13-30)14-31)36-28(23)29-24(22)12-27(37-29)25-8-7-21(35-25)10-20(15-32)16-33/h6-12H,2-5H2,1H3/b22-6-. The van der Waals surface area contributed by atoms with Crippen molar-refractivity contribution < 1.29 is 0 Å². The van der Waals surface area contributed by atoms with E-state index in [4.69, 9.17) is 21.0 Å². The van der Waals surface area contributed by atoms with Gasteiger partial charge in [0.15, 0.2) is 0 Å². The highest BCUT2D eigenvalue weighted by Gasteiger charge is 2.30. The molecular weight excluding hydrogens is 533 g/mol. The first-order valence-electron chi connectivity index (χ1n) is 11.1. The van der Waals surface area contributed by atoms with Gasteiger partial charge in [-0.3, -0.25) is 0 Å². The van der Waals surface area contributed by atoms with Gasteiger partial charge in [0, 0.05) is 40.4 Å². The molecule has 4 rings (SSSR count). The number of nitriles is 4. The lowest BCUT2D eigenvalue weighted by molar-refractivity contribution is 0.960. The molecule has 37 heavy (non-hydrogen) atoms. The molecule has 0 atom stereocenters. The summed E-state index contributed by atoms with van der Waals surface area (Å²) in [5.74, 6) is 0. The summed E-state index contributed by atoms with van der Waals surface area (Å²) in [7, 11) is 0. The quantitative estimate of drug-likeness (QED) is 0.161. The normalized spacial score (nSPS) is 11.9. The highest BCUT2D eigenvalue weighted by atomic mass is 32.2. The minimum absolute atomic E-state index is 0.0169. The molecule has 178 valence electrons. The molecule has 0 unspecified atom stereocenters. The fraction of sp³-hybridized carbons (Fsp3) is 0.103. The van der Waals surface area contributed by atoms with Crippen molar-refractivity contribution in [3.05, 3.63) is 86.5 Å². The second-order valence-electron chi connectivity index (χ2n) is 7.87. The maximum atomic E-state index is 9.05. The van der Waals surface area contributed by atoms with Gasteiger partial charge in [0.05, 0.1) is 9.75 Å². The molecule has 0 spiro atoms. The van der Waals surface area contributed by atoms with Crippen LogP contribution in [0.5, 0.6) is 0 Å². The van der Waals surface area contributed by atoms with Crippen LogP contribution in [-0.4, -0.2) is 0 Å². The van der Waals surface area contributed by atoms with Crippen molar-refractivity contribution in [2.45, 2.75) is 19.8 Å². The first kappa shape index (κ1) is 26.2. The lowest BCUT2D eigenvalue weighted by Crippen LogP contribution is -1.80. The van der Waals surface area contributed by atoms with Crippen molar-refractivity contribution in [2.24, 2.45) is 0 Å². The Morgan fingerprint density at radius 2 is 1.57 bits per heavy atom. The molecule has 3 aromatic rings. The van der Waals surface area contributed by atoms with Gasteiger partial charge in [0.2, 0.25) is 0 Å². The zero-order valence-electron chi connectivity index (χ0n) is 19.8. The second kappa shape index (κ2) is 11.4. The van der Waals surface area contributed by atoms with Crippen molar-refractivity contribution in [3.8, 4) is 43.8 Å². The maximum absolute atomic E-state index is 9.05. The average Bonchev–Trinajstić information content (AvgIpc) is 3.67. The van der Waals surface area contributed by atoms with Crippen LogP contribution in [0.25, 0.3) is 36.1 Å². The fourth-order valence-corrected chi connectivity index (χ4v) is 8.02. The average molecular weight is 551 g/mol. The summed E-state index contributed by atoms with van der Waals surface area (Å²) in [6.45, 7) is 10.3. The highest BCUT2D eigenvalue weighted by molar-refractivity contribution is 8.12. The summed E-state index contributed by atoms with van der Waals surface area (Å²) in [5.41, 5.74) is 3.79. The molecule has 0 fully saturated rings. The lowest BCUT2D eigenvalue weighted by atomic mass is 10.0. The largest absolute Gasteiger partial charge is 0.192 e. The Bertz CT molecular complexity index is 1660. The fourth-order valence-electron chi connectivity index (χ4n) is 3.72. The monoisotopic (exact) mass is 550 g/mol. The first-order chi connectivity index (χ1) is 17.9. The molecule has 0 radical (unpaired) electrons. The molecule has 0 amide bonds.